The molecule has 0 spiro atoms. The predicted octanol–water partition coefficient (Wildman–Crippen LogP) is 3.22. The molecule has 9 heteroatoms. The van der Waals surface area contributed by atoms with Crippen molar-refractivity contribution in [3.8, 4) is 0 Å². The highest BCUT2D eigenvalue weighted by Crippen LogP contribution is 2.37. The Bertz CT molecular complexity index is 729. The quantitative estimate of drug-likeness (QED) is 0.548. The van der Waals surface area contributed by atoms with E-state index in [1.54, 1.807) is 11.6 Å². The maximum Gasteiger partial charge on any atom is 0.363 e. The van der Waals surface area contributed by atoms with Crippen molar-refractivity contribution in [3.05, 3.63) is 32.8 Å². The monoisotopic (exact) mass is 298 g/mol. The van der Waals surface area contributed by atoms with Gasteiger partial charge in [0.25, 0.3) is 4.96 Å². The highest BCUT2D eigenvalue weighted by molar-refractivity contribution is 8.01. The van der Waals surface area contributed by atoms with Gasteiger partial charge in [0, 0.05) is 16.5 Å². The fourth-order valence-electron chi connectivity index (χ4n) is 1.45. The van der Waals surface area contributed by atoms with Crippen molar-refractivity contribution in [3.63, 3.8) is 0 Å². The van der Waals surface area contributed by atoms with Crippen LogP contribution in [0.15, 0.2) is 26.3 Å². The zero-order valence-corrected chi connectivity index (χ0v) is 11.5. The van der Waals surface area contributed by atoms with E-state index in [9.17, 15) is 10.1 Å². The number of nitrogens with zero attached hydrogens (tertiary/aromatic N) is 4. The van der Waals surface area contributed by atoms with Crippen LogP contribution >= 0.6 is 34.4 Å². The Morgan fingerprint density at radius 3 is 2.94 bits per heavy atom. The molecule has 0 saturated carbocycles. The van der Waals surface area contributed by atoms with Crippen LogP contribution in [0.1, 0.15) is 5.69 Å². The van der Waals surface area contributed by atoms with E-state index >= 15 is 0 Å². The lowest BCUT2D eigenvalue weighted by atomic mass is 10.6. The summed E-state index contributed by atoms with van der Waals surface area (Å²) >= 11 is 4.07. The number of nitro groups is 1. The molecule has 0 unspecified atom stereocenters. The van der Waals surface area contributed by atoms with Crippen molar-refractivity contribution < 1.29 is 4.92 Å². The Hall–Kier alpha value is -1.45. The number of hydrogen-bond acceptors (Lipinski definition) is 7. The molecule has 0 saturated heterocycles. The molecular weight excluding hydrogens is 292 g/mol. The predicted molar refractivity (Wildman–Crippen MR) is 70.7 cm³/mol. The lowest BCUT2D eigenvalue weighted by Gasteiger charge is -1.94. The molecule has 0 bridgehead atoms. The lowest BCUT2D eigenvalue weighted by molar-refractivity contribution is -0.393. The average Bonchev–Trinajstić information content (AvgIpc) is 2.93. The van der Waals surface area contributed by atoms with Gasteiger partial charge in [-0.15, -0.1) is 11.3 Å². The lowest BCUT2D eigenvalue weighted by Crippen LogP contribution is -1.93. The van der Waals surface area contributed by atoms with E-state index in [4.69, 9.17) is 0 Å². The molecular formula is C9H6N4O2S3. The number of thiazole rings is 2. The molecule has 18 heavy (non-hydrogen) atoms. The van der Waals surface area contributed by atoms with E-state index in [0.717, 1.165) is 10.0 Å². The summed E-state index contributed by atoms with van der Waals surface area (Å²) in [6.07, 6.45) is 1.66. The Kier molecular flexibility index (Phi) is 2.80. The zero-order valence-electron chi connectivity index (χ0n) is 9.06. The molecule has 6 nitrogen and oxygen atoms in total. The van der Waals surface area contributed by atoms with Crippen molar-refractivity contribution in [1.29, 1.82) is 0 Å². The number of aromatic nitrogens is 3. The minimum atomic E-state index is -0.407. The molecule has 3 aromatic rings. The van der Waals surface area contributed by atoms with Gasteiger partial charge in [-0.2, -0.15) is 9.38 Å². The number of aryl methyl sites for hydroxylation is 1. The van der Waals surface area contributed by atoms with Crippen LogP contribution in [0.3, 0.4) is 0 Å². The van der Waals surface area contributed by atoms with Crippen LogP contribution in [0.2, 0.25) is 0 Å². The van der Waals surface area contributed by atoms with Gasteiger partial charge in [0.15, 0.2) is 4.34 Å². The van der Waals surface area contributed by atoms with Gasteiger partial charge >= 0.3 is 5.82 Å². The van der Waals surface area contributed by atoms with Crippen LogP contribution in [-0.2, 0) is 0 Å². The van der Waals surface area contributed by atoms with Crippen LogP contribution in [0.4, 0.5) is 5.82 Å². The first-order valence-corrected chi connectivity index (χ1v) is 7.42. The van der Waals surface area contributed by atoms with Crippen molar-refractivity contribution >= 4 is 45.2 Å². The second kappa shape index (κ2) is 4.34. The standard InChI is InChI=1S/C9H6N4O2S3/c1-5-4-17-9(10-5)18-6-7(13(14)15)12-2-3-16-8(12)11-6/h2-4H,1H3. The molecule has 0 aliphatic rings. The van der Waals surface area contributed by atoms with E-state index in [0.29, 0.717) is 9.99 Å². The fraction of sp³-hybridized carbons (Fsp3) is 0.111. The van der Waals surface area contributed by atoms with Gasteiger partial charge in [-0.1, -0.05) is 11.3 Å². The Labute approximate surface area is 113 Å². The molecule has 0 N–H and O–H groups in total. The minimum absolute atomic E-state index is 0.00380. The summed E-state index contributed by atoms with van der Waals surface area (Å²) in [6.45, 7) is 1.89. The third-order valence-electron chi connectivity index (χ3n) is 2.16. The number of hydrogen-bond donors (Lipinski definition) is 0. The molecule has 3 aromatic heterocycles. The largest absolute Gasteiger partial charge is 0.363 e. The number of fused-ring (bicyclic) bond motifs is 1. The SMILES string of the molecule is Cc1csc(Sc2nc3sccn3c2[N+](=O)[O-])n1. The topological polar surface area (TPSA) is 73.3 Å². The Balaban J connectivity index is 2.08. The van der Waals surface area contributed by atoms with Crippen LogP contribution < -0.4 is 0 Å². The molecule has 0 aromatic carbocycles. The number of imidazole rings is 1. The maximum atomic E-state index is 11.1. The van der Waals surface area contributed by atoms with Crippen LogP contribution in [-0.4, -0.2) is 19.3 Å². The highest BCUT2D eigenvalue weighted by Gasteiger charge is 2.25. The van der Waals surface area contributed by atoms with Gasteiger partial charge in [0.1, 0.15) is 6.20 Å². The fourth-order valence-corrected chi connectivity index (χ4v) is 4.06. The first-order chi connectivity index (χ1) is 8.65. The summed E-state index contributed by atoms with van der Waals surface area (Å²) in [6, 6.07) is 0. The molecule has 92 valence electrons. The van der Waals surface area contributed by atoms with E-state index in [1.165, 1.54) is 38.8 Å². The van der Waals surface area contributed by atoms with Gasteiger partial charge in [-0.3, -0.25) is 0 Å². The van der Waals surface area contributed by atoms with Gasteiger partial charge in [0.05, 0.1) is 0 Å². The van der Waals surface area contributed by atoms with Crippen LogP contribution in [0, 0.1) is 17.0 Å². The molecule has 0 amide bonds. The summed E-state index contributed by atoms with van der Waals surface area (Å²) in [7, 11) is 0. The second-order valence-corrected chi connectivity index (χ2v) is 6.38. The second-order valence-electron chi connectivity index (χ2n) is 3.41. The first-order valence-electron chi connectivity index (χ1n) is 4.85. The Morgan fingerprint density at radius 1 is 1.44 bits per heavy atom. The highest BCUT2D eigenvalue weighted by atomic mass is 32.2. The van der Waals surface area contributed by atoms with E-state index in [2.05, 4.69) is 9.97 Å². The molecule has 0 atom stereocenters. The molecule has 0 fully saturated rings. The third-order valence-corrected chi connectivity index (χ3v) is 4.94. The summed E-state index contributed by atoms with van der Waals surface area (Å²) in [5.74, 6) is 0.00380. The normalized spacial score (nSPS) is 11.2. The molecule has 3 heterocycles. The van der Waals surface area contributed by atoms with Crippen LogP contribution in [0.25, 0.3) is 4.96 Å². The average molecular weight is 298 g/mol. The van der Waals surface area contributed by atoms with E-state index < -0.39 is 4.92 Å². The van der Waals surface area contributed by atoms with Crippen molar-refractivity contribution in [1.82, 2.24) is 14.4 Å². The van der Waals surface area contributed by atoms with Crippen molar-refractivity contribution in [2.45, 2.75) is 16.3 Å². The molecule has 0 radical (unpaired) electrons. The molecule has 3 rings (SSSR count). The maximum absolute atomic E-state index is 11.1. The van der Waals surface area contributed by atoms with Crippen molar-refractivity contribution in [2.24, 2.45) is 0 Å². The summed E-state index contributed by atoms with van der Waals surface area (Å²) in [5.41, 5.74) is 0.908. The van der Waals surface area contributed by atoms with Crippen molar-refractivity contribution in [2.75, 3.05) is 0 Å². The Morgan fingerprint density at radius 2 is 2.28 bits per heavy atom. The van der Waals surface area contributed by atoms with Gasteiger partial charge < -0.3 is 10.1 Å². The van der Waals surface area contributed by atoms with Gasteiger partial charge in [0.2, 0.25) is 5.03 Å². The van der Waals surface area contributed by atoms with E-state index in [-0.39, 0.29) is 5.82 Å². The summed E-state index contributed by atoms with van der Waals surface area (Å²) < 4.78 is 2.26. The zero-order chi connectivity index (χ0) is 12.7. The molecule has 0 aliphatic heterocycles. The van der Waals surface area contributed by atoms with Gasteiger partial charge in [-0.25, -0.2) is 4.98 Å². The minimum Gasteiger partial charge on any atom is -0.358 e. The summed E-state index contributed by atoms with van der Waals surface area (Å²) in [5, 5.41) is 15.2. The third kappa shape index (κ3) is 1.89. The summed E-state index contributed by atoms with van der Waals surface area (Å²) in [4.78, 5) is 19.9. The smallest absolute Gasteiger partial charge is 0.358 e. The van der Waals surface area contributed by atoms with E-state index in [1.807, 2.05) is 12.3 Å². The van der Waals surface area contributed by atoms with Gasteiger partial charge in [-0.05, 0) is 23.6 Å². The molecule has 0 aliphatic carbocycles. The first kappa shape index (κ1) is 11.6. The van der Waals surface area contributed by atoms with Crippen LogP contribution in [0.5, 0.6) is 0 Å². The number of rotatable bonds is 3.